The highest BCUT2D eigenvalue weighted by atomic mass is 32.2. The van der Waals surface area contributed by atoms with Gasteiger partial charge in [0.05, 0.1) is 19.3 Å². The van der Waals surface area contributed by atoms with Crippen molar-refractivity contribution in [3.63, 3.8) is 0 Å². The summed E-state index contributed by atoms with van der Waals surface area (Å²) in [5.74, 6) is 0. The van der Waals surface area contributed by atoms with Gasteiger partial charge in [0.1, 0.15) is 0 Å². The highest BCUT2D eigenvalue weighted by Crippen LogP contribution is 2.46. The van der Waals surface area contributed by atoms with Crippen molar-refractivity contribution in [3.05, 3.63) is 35.9 Å². The molecule has 0 amide bonds. The smallest absolute Gasteiger partial charge is 0.0897 e. The molecule has 106 valence electrons. The van der Waals surface area contributed by atoms with E-state index in [1.165, 1.54) is 12.8 Å². The quantitative estimate of drug-likeness (QED) is 0.727. The van der Waals surface area contributed by atoms with Crippen LogP contribution >= 0.6 is 11.8 Å². The molecule has 0 aliphatic heterocycles. The summed E-state index contributed by atoms with van der Waals surface area (Å²) in [5, 5.41) is 13.2. The summed E-state index contributed by atoms with van der Waals surface area (Å²) in [6.45, 7) is 2.54. The second kappa shape index (κ2) is 7.29. The Morgan fingerprint density at radius 1 is 1.37 bits per heavy atom. The van der Waals surface area contributed by atoms with Crippen molar-refractivity contribution in [3.8, 4) is 0 Å². The molecule has 1 aromatic rings. The zero-order chi connectivity index (χ0) is 13.6. The first-order chi connectivity index (χ1) is 9.24. The van der Waals surface area contributed by atoms with Crippen LogP contribution < -0.4 is 5.32 Å². The molecule has 1 fully saturated rings. The minimum Gasteiger partial charge on any atom is -0.389 e. The Bertz CT molecular complexity index is 368. The van der Waals surface area contributed by atoms with Gasteiger partial charge >= 0.3 is 0 Å². The molecule has 1 unspecified atom stereocenters. The van der Waals surface area contributed by atoms with Gasteiger partial charge in [0.2, 0.25) is 0 Å². The SMILES string of the molecule is CSC1(CNCC(O)COCc2ccccc2)CC1. The maximum atomic E-state index is 9.82. The Morgan fingerprint density at radius 2 is 2.11 bits per heavy atom. The molecular formula is C15H23NO2S. The van der Waals surface area contributed by atoms with Gasteiger partial charge in [0.15, 0.2) is 0 Å². The van der Waals surface area contributed by atoms with Crippen LogP contribution in [0, 0.1) is 0 Å². The lowest BCUT2D eigenvalue weighted by Gasteiger charge is -2.16. The van der Waals surface area contributed by atoms with E-state index in [1.807, 2.05) is 42.1 Å². The zero-order valence-corrected chi connectivity index (χ0v) is 12.3. The summed E-state index contributed by atoms with van der Waals surface area (Å²) in [6, 6.07) is 10.0. The summed E-state index contributed by atoms with van der Waals surface area (Å²) in [6.07, 6.45) is 4.32. The summed E-state index contributed by atoms with van der Waals surface area (Å²) in [4.78, 5) is 0. The second-order valence-electron chi connectivity index (χ2n) is 5.17. The third-order valence-corrected chi connectivity index (χ3v) is 4.91. The molecule has 1 aliphatic rings. The van der Waals surface area contributed by atoms with Crippen molar-refractivity contribution in [1.29, 1.82) is 0 Å². The van der Waals surface area contributed by atoms with E-state index in [2.05, 4.69) is 11.6 Å². The minimum absolute atomic E-state index is 0.383. The monoisotopic (exact) mass is 281 g/mol. The fraction of sp³-hybridized carbons (Fsp3) is 0.600. The highest BCUT2D eigenvalue weighted by Gasteiger charge is 2.41. The number of benzene rings is 1. The molecule has 0 heterocycles. The Morgan fingerprint density at radius 3 is 2.74 bits per heavy atom. The van der Waals surface area contributed by atoms with E-state index >= 15 is 0 Å². The van der Waals surface area contributed by atoms with E-state index < -0.39 is 6.10 Å². The molecule has 2 rings (SSSR count). The maximum absolute atomic E-state index is 9.82. The van der Waals surface area contributed by atoms with E-state index in [9.17, 15) is 5.11 Å². The number of thioether (sulfide) groups is 1. The first-order valence-corrected chi connectivity index (χ1v) is 8.02. The van der Waals surface area contributed by atoms with Crippen molar-refractivity contribution in [2.75, 3.05) is 26.0 Å². The van der Waals surface area contributed by atoms with E-state index in [4.69, 9.17) is 4.74 Å². The predicted molar refractivity (Wildman–Crippen MR) is 80.5 cm³/mol. The van der Waals surface area contributed by atoms with Crippen LogP contribution in [0.3, 0.4) is 0 Å². The molecular weight excluding hydrogens is 258 g/mol. The van der Waals surface area contributed by atoms with E-state index in [0.717, 1.165) is 12.1 Å². The molecule has 1 atom stereocenters. The van der Waals surface area contributed by atoms with Crippen molar-refractivity contribution in [1.82, 2.24) is 5.32 Å². The standard InChI is InChI=1S/C15H23NO2S/c1-19-15(7-8-15)12-16-9-14(17)11-18-10-13-5-3-2-4-6-13/h2-6,14,16-17H,7-12H2,1H3. The Balaban J connectivity index is 1.53. The summed E-state index contributed by atoms with van der Waals surface area (Å²) < 4.78 is 5.96. The van der Waals surface area contributed by atoms with E-state index in [1.54, 1.807) is 0 Å². The molecule has 0 radical (unpaired) electrons. The molecule has 0 saturated heterocycles. The largest absolute Gasteiger partial charge is 0.389 e. The lowest BCUT2D eigenvalue weighted by Crippen LogP contribution is -2.35. The minimum atomic E-state index is -0.429. The number of nitrogens with one attached hydrogen (secondary N) is 1. The fourth-order valence-electron chi connectivity index (χ4n) is 2.01. The molecule has 0 spiro atoms. The van der Waals surface area contributed by atoms with Crippen LogP contribution in [0.25, 0.3) is 0 Å². The van der Waals surface area contributed by atoms with Gasteiger partial charge in [0, 0.05) is 17.8 Å². The first kappa shape index (κ1) is 14.9. The van der Waals surface area contributed by atoms with Crippen LogP contribution in [0.15, 0.2) is 30.3 Å². The molecule has 1 saturated carbocycles. The highest BCUT2D eigenvalue weighted by molar-refractivity contribution is 8.00. The number of aliphatic hydroxyl groups excluding tert-OH is 1. The van der Waals surface area contributed by atoms with Crippen LogP contribution in [0.2, 0.25) is 0 Å². The van der Waals surface area contributed by atoms with Crippen molar-refractivity contribution >= 4 is 11.8 Å². The molecule has 4 heteroatoms. The van der Waals surface area contributed by atoms with Crippen LogP contribution in [0.4, 0.5) is 0 Å². The molecule has 1 aromatic carbocycles. The van der Waals surface area contributed by atoms with Crippen molar-refractivity contribution in [2.45, 2.75) is 30.3 Å². The molecule has 0 bridgehead atoms. The van der Waals surface area contributed by atoms with Gasteiger partial charge in [-0.2, -0.15) is 11.8 Å². The van der Waals surface area contributed by atoms with Gasteiger partial charge in [0.25, 0.3) is 0 Å². The topological polar surface area (TPSA) is 41.5 Å². The normalized spacial score (nSPS) is 18.2. The van der Waals surface area contributed by atoms with E-state index in [0.29, 0.717) is 24.5 Å². The van der Waals surface area contributed by atoms with Gasteiger partial charge in [-0.05, 0) is 24.7 Å². The van der Waals surface area contributed by atoms with Crippen molar-refractivity contribution < 1.29 is 9.84 Å². The zero-order valence-electron chi connectivity index (χ0n) is 11.5. The Hall–Kier alpha value is -0.550. The predicted octanol–water partition coefficient (Wildman–Crippen LogP) is 2.05. The van der Waals surface area contributed by atoms with Crippen LogP contribution in [0.5, 0.6) is 0 Å². The second-order valence-corrected chi connectivity index (χ2v) is 6.45. The number of rotatable bonds is 9. The van der Waals surface area contributed by atoms with Gasteiger partial charge in [-0.1, -0.05) is 30.3 Å². The summed E-state index contributed by atoms with van der Waals surface area (Å²) >= 11 is 1.93. The third-order valence-electron chi connectivity index (χ3n) is 3.49. The number of hydrogen-bond donors (Lipinski definition) is 2. The summed E-state index contributed by atoms with van der Waals surface area (Å²) in [5.41, 5.74) is 1.14. The number of aliphatic hydroxyl groups is 1. The molecule has 1 aliphatic carbocycles. The lowest BCUT2D eigenvalue weighted by molar-refractivity contribution is 0.0289. The lowest BCUT2D eigenvalue weighted by atomic mass is 10.2. The van der Waals surface area contributed by atoms with Crippen molar-refractivity contribution in [2.24, 2.45) is 0 Å². The third kappa shape index (κ3) is 5.15. The van der Waals surface area contributed by atoms with E-state index in [-0.39, 0.29) is 0 Å². The number of ether oxygens (including phenoxy) is 1. The van der Waals surface area contributed by atoms with Crippen LogP contribution in [-0.2, 0) is 11.3 Å². The molecule has 19 heavy (non-hydrogen) atoms. The fourth-order valence-corrected chi connectivity index (χ4v) is 2.76. The average Bonchev–Trinajstić information content (AvgIpc) is 3.21. The van der Waals surface area contributed by atoms with Gasteiger partial charge in [-0.25, -0.2) is 0 Å². The molecule has 2 N–H and O–H groups in total. The Kier molecular flexibility index (Phi) is 5.70. The number of hydrogen-bond acceptors (Lipinski definition) is 4. The van der Waals surface area contributed by atoms with Crippen LogP contribution in [-0.4, -0.2) is 41.9 Å². The van der Waals surface area contributed by atoms with Gasteiger partial charge < -0.3 is 15.2 Å². The maximum Gasteiger partial charge on any atom is 0.0897 e. The van der Waals surface area contributed by atoms with Crippen LogP contribution in [0.1, 0.15) is 18.4 Å². The van der Waals surface area contributed by atoms with Gasteiger partial charge in [-0.15, -0.1) is 0 Å². The molecule has 3 nitrogen and oxygen atoms in total. The summed E-state index contributed by atoms with van der Waals surface area (Å²) in [7, 11) is 0. The Labute approximate surface area is 119 Å². The van der Waals surface area contributed by atoms with Gasteiger partial charge in [-0.3, -0.25) is 0 Å². The average molecular weight is 281 g/mol. The molecule has 0 aromatic heterocycles. The first-order valence-electron chi connectivity index (χ1n) is 6.80.